The summed E-state index contributed by atoms with van der Waals surface area (Å²) in [5, 5.41) is 22.1. The van der Waals surface area contributed by atoms with Crippen molar-refractivity contribution in [2.24, 2.45) is 0 Å². The van der Waals surface area contributed by atoms with Gasteiger partial charge in [0.15, 0.2) is 11.5 Å². The van der Waals surface area contributed by atoms with Crippen molar-refractivity contribution in [1.29, 1.82) is 0 Å². The monoisotopic (exact) mass is 417 g/mol. The van der Waals surface area contributed by atoms with Crippen molar-refractivity contribution in [3.05, 3.63) is 84.1 Å². The zero-order valence-corrected chi connectivity index (χ0v) is 17.6. The molecule has 0 saturated carbocycles. The van der Waals surface area contributed by atoms with Crippen molar-refractivity contribution in [3.63, 3.8) is 0 Å². The highest BCUT2D eigenvalue weighted by Gasteiger charge is 2.37. The number of rotatable bonds is 7. The lowest BCUT2D eigenvalue weighted by atomic mass is 10.0. The molecule has 7 heteroatoms. The predicted molar refractivity (Wildman–Crippen MR) is 121 cm³/mol. The molecule has 1 saturated heterocycles. The van der Waals surface area contributed by atoms with Crippen LogP contribution in [0, 0.1) is 0 Å². The van der Waals surface area contributed by atoms with Crippen molar-refractivity contribution >= 4 is 17.4 Å². The number of hydrogen-bond donors (Lipinski definition) is 2. The van der Waals surface area contributed by atoms with E-state index in [9.17, 15) is 9.90 Å². The van der Waals surface area contributed by atoms with Gasteiger partial charge >= 0.3 is 0 Å². The van der Waals surface area contributed by atoms with Gasteiger partial charge in [-0.25, -0.2) is 0 Å². The Morgan fingerprint density at radius 2 is 1.77 bits per heavy atom. The fourth-order valence-corrected chi connectivity index (χ4v) is 3.94. The number of aromatic nitrogens is 2. The Hall–Kier alpha value is -3.29. The van der Waals surface area contributed by atoms with E-state index in [-0.39, 0.29) is 11.6 Å². The SMILES string of the molecule is CN(CC1(O)CCN(Cc2ccccc2)C1)c1ccc(C(=O)Nc2ccccc2)nn1. The molecule has 31 heavy (non-hydrogen) atoms. The summed E-state index contributed by atoms with van der Waals surface area (Å²) in [6, 6.07) is 22.9. The minimum Gasteiger partial charge on any atom is -0.387 e. The molecule has 0 bridgehead atoms. The molecule has 160 valence electrons. The van der Waals surface area contributed by atoms with E-state index in [2.05, 4.69) is 32.5 Å². The van der Waals surface area contributed by atoms with Crippen molar-refractivity contribution < 1.29 is 9.90 Å². The van der Waals surface area contributed by atoms with Gasteiger partial charge in [0.25, 0.3) is 5.91 Å². The third-order valence-electron chi connectivity index (χ3n) is 5.50. The van der Waals surface area contributed by atoms with E-state index >= 15 is 0 Å². The molecular formula is C24H27N5O2. The van der Waals surface area contributed by atoms with Crippen LogP contribution >= 0.6 is 0 Å². The maximum atomic E-state index is 12.3. The van der Waals surface area contributed by atoms with Gasteiger partial charge in [0.1, 0.15) is 0 Å². The Balaban J connectivity index is 1.33. The summed E-state index contributed by atoms with van der Waals surface area (Å²) in [6.07, 6.45) is 0.704. The number of anilines is 2. The molecule has 1 unspecified atom stereocenters. The maximum Gasteiger partial charge on any atom is 0.276 e. The van der Waals surface area contributed by atoms with Gasteiger partial charge in [0, 0.05) is 38.9 Å². The van der Waals surface area contributed by atoms with E-state index in [1.807, 2.05) is 60.5 Å². The molecule has 2 aromatic carbocycles. The first-order valence-corrected chi connectivity index (χ1v) is 10.4. The molecule has 1 atom stereocenters. The number of hydrogen-bond acceptors (Lipinski definition) is 6. The third-order valence-corrected chi connectivity index (χ3v) is 5.50. The van der Waals surface area contributed by atoms with Crippen molar-refractivity contribution in [1.82, 2.24) is 15.1 Å². The molecule has 1 aliphatic rings. The number of carbonyl (C=O) groups is 1. The molecule has 1 fully saturated rings. The number of para-hydroxylation sites is 1. The highest BCUT2D eigenvalue weighted by atomic mass is 16.3. The largest absolute Gasteiger partial charge is 0.387 e. The average Bonchev–Trinajstić information content (AvgIpc) is 3.15. The van der Waals surface area contributed by atoms with E-state index < -0.39 is 5.60 Å². The molecule has 0 spiro atoms. The fourth-order valence-electron chi connectivity index (χ4n) is 3.94. The molecule has 1 aromatic heterocycles. The molecule has 2 heterocycles. The molecule has 7 nitrogen and oxygen atoms in total. The lowest BCUT2D eigenvalue weighted by molar-refractivity contribution is 0.0560. The number of carbonyl (C=O) groups excluding carboxylic acids is 1. The van der Waals surface area contributed by atoms with Gasteiger partial charge in [0.2, 0.25) is 0 Å². The van der Waals surface area contributed by atoms with E-state index in [4.69, 9.17) is 0 Å². The van der Waals surface area contributed by atoms with Crippen LogP contribution in [0.1, 0.15) is 22.5 Å². The minimum absolute atomic E-state index is 0.245. The molecule has 1 aliphatic heterocycles. The van der Waals surface area contributed by atoms with Gasteiger partial charge in [-0.1, -0.05) is 48.5 Å². The first-order chi connectivity index (χ1) is 15.0. The number of aliphatic hydroxyl groups is 1. The van der Waals surface area contributed by atoms with Crippen LogP contribution in [-0.4, -0.2) is 58.4 Å². The van der Waals surface area contributed by atoms with Gasteiger partial charge in [-0.3, -0.25) is 9.69 Å². The summed E-state index contributed by atoms with van der Waals surface area (Å²) in [7, 11) is 1.88. The summed E-state index contributed by atoms with van der Waals surface area (Å²) in [4.78, 5) is 16.5. The van der Waals surface area contributed by atoms with Crippen LogP contribution in [0.3, 0.4) is 0 Å². The summed E-state index contributed by atoms with van der Waals surface area (Å²) >= 11 is 0. The first-order valence-electron chi connectivity index (χ1n) is 10.4. The van der Waals surface area contributed by atoms with E-state index in [0.29, 0.717) is 31.0 Å². The van der Waals surface area contributed by atoms with Crippen LogP contribution in [0.15, 0.2) is 72.8 Å². The summed E-state index contributed by atoms with van der Waals surface area (Å²) < 4.78 is 0. The quantitative estimate of drug-likeness (QED) is 0.615. The first kappa shape index (κ1) is 21.0. The average molecular weight is 418 g/mol. The normalized spacial score (nSPS) is 18.6. The van der Waals surface area contributed by atoms with E-state index in [1.54, 1.807) is 12.1 Å². The zero-order chi connectivity index (χ0) is 21.7. The van der Waals surface area contributed by atoms with E-state index in [0.717, 1.165) is 13.1 Å². The molecule has 2 N–H and O–H groups in total. The summed E-state index contributed by atoms with van der Waals surface area (Å²) in [6.45, 7) is 2.74. The smallest absolute Gasteiger partial charge is 0.276 e. The number of benzene rings is 2. The molecule has 4 rings (SSSR count). The van der Waals surface area contributed by atoms with Crippen LogP contribution in [0.25, 0.3) is 0 Å². The predicted octanol–water partition coefficient (Wildman–Crippen LogP) is 2.80. The topological polar surface area (TPSA) is 81.6 Å². The van der Waals surface area contributed by atoms with Gasteiger partial charge in [-0.2, -0.15) is 0 Å². The Bertz CT molecular complexity index is 997. The highest BCUT2D eigenvalue weighted by Crippen LogP contribution is 2.25. The number of nitrogens with zero attached hydrogens (tertiary/aromatic N) is 4. The van der Waals surface area contributed by atoms with Gasteiger partial charge in [0.05, 0.1) is 5.60 Å². The van der Waals surface area contributed by atoms with Crippen LogP contribution in [0.5, 0.6) is 0 Å². The Morgan fingerprint density at radius 1 is 1.06 bits per heavy atom. The number of likely N-dealkylation sites (N-methyl/N-ethyl adjacent to an activating group) is 1. The highest BCUT2D eigenvalue weighted by molar-refractivity contribution is 6.02. The fraction of sp³-hybridized carbons (Fsp3) is 0.292. The summed E-state index contributed by atoms with van der Waals surface area (Å²) in [5.41, 5.74) is 1.39. The van der Waals surface area contributed by atoms with E-state index in [1.165, 1.54) is 5.56 Å². The van der Waals surface area contributed by atoms with Gasteiger partial charge in [-0.15, -0.1) is 10.2 Å². The molecule has 0 aliphatic carbocycles. The summed E-state index contributed by atoms with van der Waals surface area (Å²) in [5.74, 6) is 0.310. The maximum absolute atomic E-state index is 12.3. The van der Waals surface area contributed by atoms with Crippen molar-refractivity contribution in [2.75, 3.05) is 36.9 Å². The van der Waals surface area contributed by atoms with Crippen molar-refractivity contribution in [3.8, 4) is 0 Å². The van der Waals surface area contributed by atoms with Crippen molar-refractivity contribution in [2.45, 2.75) is 18.6 Å². The third kappa shape index (κ3) is 5.45. The molecule has 0 radical (unpaired) electrons. The zero-order valence-electron chi connectivity index (χ0n) is 17.6. The number of likely N-dealkylation sites (tertiary alicyclic amines) is 1. The molecule has 1 amide bonds. The van der Waals surface area contributed by atoms with Crippen LogP contribution < -0.4 is 10.2 Å². The Morgan fingerprint density at radius 3 is 2.45 bits per heavy atom. The second-order valence-electron chi connectivity index (χ2n) is 8.12. The minimum atomic E-state index is -0.811. The lowest BCUT2D eigenvalue weighted by Crippen LogP contribution is -2.44. The Labute approximate surface area is 182 Å². The number of amides is 1. The number of nitrogens with one attached hydrogen (secondary N) is 1. The van der Waals surface area contributed by atoms with Crippen LogP contribution in [0.4, 0.5) is 11.5 Å². The van der Waals surface area contributed by atoms with Crippen LogP contribution in [-0.2, 0) is 6.54 Å². The standard InChI is InChI=1S/C24H27N5O2/c1-28(17-24(31)14-15-29(18-24)16-19-8-4-2-5-9-19)22-13-12-21(26-27-22)23(30)25-20-10-6-3-7-11-20/h2-13,31H,14-18H2,1H3,(H,25,30). The lowest BCUT2D eigenvalue weighted by Gasteiger charge is -2.29. The van der Waals surface area contributed by atoms with Gasteiger partial charge in [-0.05, 0) is 36.2 Å². The number of β-amino-alcohol motifs (C(OH)–C–C–N with tert-alkyl or cyclic N) is 1. The second kappa shape index (κ2) is 9.24. The van der Waals surface area contributed by atoms with Crippen LogP contribution in [0.2, 0.25) is 0 Å². The second-order valence-corrected chi connectivity index (χ2v) is 8.12. The Kier molecular flexibility index (Phi) is 6.25. The molecular weight excluding hydrogens is 390 g/mol. The van der Waals surface area contributed by atoms with Gasteiger partial charge < -0.3 is 15.3 Å². The molecule has 3 aromatic rings.